The van der Waals surface area contributed by atoms with Crippen molar-refractivity contribution in [3.05, 3.63) is 34.2 Å². The fourth-order valence-electron chi connectivity index (χ4n) is 3.53. The van der Waals surface area contributed by atoms with Crippen LogP contribution in [0.3, 0.4) is 0 Å². The van der Waals surface area contributed by atoms with Crippen LogP contribution in [0.15, 0.2) is 28.2 Å². The Kier molecular flexibility index (Phi) is 6.66. The van der Waals surface area contributed by atoms with E-state index in [2.05, 4.69) is 10.2 Å². The number of carbonyl (C=O) groups excluding carboxylic acids is 1. The number of carbonyl (C=O) groups is 1. The second kappa shape index (κ2) is 9.18. The number of amides is 1. The van der Waals surface area contributed by atoms with Crippen LogP contribution in [0.1, 0.15) is 37.8 Å². The fourth-order valence-corrected chi connectivity index (χ4v) is 4.39. The summed E-state index contributed by atoms with van der Waals surface area (Å²) in [5, 5.41) is 7.05. The summed E-state index contributed by atoms with van der Waals surface area (Å²) in [6.07, 6.45) is 2.64. The third-order valence-corrected chi connectivity index (χ3v) is 5.83. The summed E-state index contributed by atoms with van der Waals surface area (Å²) < 4.78 is 12.4. The Morgan fingerprint density at radius 1 is 1.36 bits per heavy atom. The molecule has 1 amide bonds. The highest BCUT2D eigenvalue weighted by Crippen LogP contribution is 2.39. The van der Waals surface area contributed by atoms with Crippen molar-refractivity contribution in [2.75, 3.05) is 26.5 Å². The van der Waals surface area contributed by atoms with E-state index in [1.165, 1.54) is 11.8 Å². The number of nitrogens with one attached hydrogen (secondary N) is 1. The molecule has 1 atom stereocenters. The van der Waals surface area contributed by atoms with Crippen LogP contribution >= 0.6 is 11.8 Å². The largest absolute Gasteiger partial charge is 0.497 e. The number of hydrogen-bond acceptors (Lipinski definition) is 6. The second-order valence-corrected chi connectivity index (χ2v) is 7.55. The topological polar surface area (TPSA) is 89.4 Å². The molecule has 0 radical (unpaired) electrons. The summed E-state index contributed by atoms with van der Waals surface area (Å²) in [4.78, 5) is 26.6. The minimum absolute atomic E-state index is 0.0240. The van der Waals surface area contributed by atoms with Crippen LogP contribution in [0, 0.1) is 0 Å². The van der Waals surface area contributed by atoms with Gasteiger partial charge in [0.05, 0.1) is 26.0 Å². The maximum absolute atomic E-state index is 12.9. The summed E-state index contributed by atoms with van der Waals surface area (Å²) in [6.45, 7) is 3.28. The van der Waals surface area contributed by atoms with Gasteiger partial charge in [-0.1, -0.05) is 18.7 Å². The molecule has 0 spiro atoms. The van der Waals surface area contributed by atoms with Crippen LogP contribution < -0.4 is 15.2 Å². The van der Waals surface area contributed by atoms with Crippen molar-refractivity contribution < 1.29 is 14.3 Å². The molecular formula is C19H26N4O4S. The quantitative estimate of drug-likeness (QED) is 0.678. The number of H-pyrrole nitrogens is 1. The van der Waals surface area contributed by atoms with Gasteiger partial charge in [-0.05, 0) is 37.5 Å². The van der Waals surface area contributed by atoms with E-state index in [1.54, 1.807) is 18.8 Å². The van der Waals surface area contributed by atoms with E-state index < -0.39 is 0 Å². The molecule has 1 unspecified atom stereocenters. The highest BCUT2D eigenvalue weighted by Gasteiger charge is 2.32. The van der Waals surface area contributed by atoms with Gasteiger partial charge in [-0.15, -0.1) is 5.10 Å². The Morgan fingerprint density at radius 3 is 2.89 bits per heavy atom. The van der Waals surface area contributed by atoms with Crippen LogP contribution in [0.2, 0.25) is 0 Å². The van der Waals surface area contributed by atoms with Crippen molar-refractivity contribution in [1.29, 1.82) is 0 Å². The van der Waals surface area contributed by atoms with E-state index in [4.69, 9.17) is 9.47 Å². The molecule has 1 fully saturated rings. The average molecular weight is 407 g/mol. The molecule has 1 saturated heterocycles. The third kappa shape index (κ3) is 4.19. The molecule has 9 heteroatoms. The van der Waals surface area contributed by atoms with E-state index in [1.807, 2.05) is 30.0 Å². The molecule has 1 aliphatic rings. The normalized spacial score (nSPS) is 16.4. The third-order valence-electron chi connectivity index (χ3n) is 4.86. The number of aromatic nitrogens is 3. The number of likely N-dealkylation sites (tertiary alicyclic amines) is 1. The lowest BCUT2D eigenvalue weighted by Crippen LogP contribution is -2.32. The minimum atomic E-state index is -0.239. The molecule has 1 aromatic heterocycles. The van der Waals surface area contributed by atoms with E-state index in [9.17, 15) is 9.59 Å². The van der Waals surface area contributed by atoms with E-state index in [-0.39, 0.29) is 23.4 Å². The van der Waals surface area contributed by atoms with Crippen molar-refractivity contribution in [2.45, 2.75) is 43.9 Å². The molecule has 1 aromatic carbocycles. The lowest BCUT2D eigenvalue weighted by Gasteiger charge is -2.26. The van der Waals surface area contributed by atoms with Crippen molar-refractivity contribution >= 4 is 17.7 Å². The second-order valence-electron chi connectivity index (χ2n) is 6.60. The van der Waals surface area contributed by atoms with Gasteiger partial charge in [0, 0.05) is 18.7 Å². The van der Waals surface area contributed by atoms with Crippen LogP contribution in [-0.2, 0) is 11.3 Å². The van der Waals surface area contributed by atoms with Crippen molar-refractivity contribution in [2.24, 2.45) is 0 Å². The number of methoxy groups -OCH3 is 2. The Morgan fingerprint density at radius 2 is 2.18 bits per heavy atom. The first-order chi connectivity index (χ1) is 13.6. The molecular weight excluding hydrogens is 380 g/mol. The number of ether oxygens (including phenoxy) is 2. The van der Waals surface area contributed by atoms with Gasteiger partial charge in [0.2, 0.25) is 5.91 Å². The monoisotopic (exact) mass is 406 g/mol. The van der Waals surface area contributed by atoms with Crippen molar-refractivity contribution in [3.63, 3.8) is 0 Å². The average Bonchev–Trinajstić information content (AvgIpc) is 3.33. The molecule has 1 N–H and O–H groups in total. The highest BCUT2D eigenvalue weighted by atomic mass is 32.2. The number of rotatable bonds is 8. The highest BCUT2D eigenvalue weighted by molar-refractivity contribution is 7.99. The van der Waals surface area contributed by atoms with Crippen LogP contribution in [0.4, 0.5) is 0 Å². The van der Waals surface area contributed by atoms with Gasteiger partial charge >= 0.3 is 5.69 Å². The molecule has 0 aliphatic carbocycles. The summed E-state index contributed by atoms with van der Waals surface area (Å²) in [7, 11) is 3.26. The summed E-state index contributed by atoms with van der Waals surface area (Å²) in [5.41, 5.74) is 0.720. The maximum Gasteiger partial charge on any atom is 0.343 e. The van der Waals surface area contributed by atoms with Crippen LogP contribution in [0.5, 0.6) is 11.5 Å². The van der Waals surface area contributed by atoms with E-state index in [0.717, 1.165) is 36.3 Å². The van der Waals surface area contributed by atoms with E-state index >= 15 is 0 Å². The molecule has 28 heavy (non-hydrogen) atoms. The number of hydrogen-bond donors (Lipinski definition) is 1. The zero-order valence-electron chi connectivity index (χ0n) is 16.4. The first-order valence-corrected chi connectivity index (χ1v) is 10.4. The number of thioether (sulfide) groups is 1. The lowest BCUT2D eigenvalue weighted by molar-refractivity contribution is -0.129. The fraction of sp³-hybridized carbons (Fsp3) is 0.526. The molecule has 2 aromatic rings. The van der Waals surface area contributed by atoms with Gasteiger partial charge in [0.1, 0.15) is 11.5 Å². The Labute approximate surface area is 168 Å². The molecule has 2 heterocycles. The number of nitrogens with zero attached hydrogens (tertiary/aromatic N) is 3. The molecule has 1 aliphatic heterocycles. The minimum Gasteiger partial charge on any atom is -0.497 e. The van der Waals surface area contributed by atoms with Gasteiger partial charge < -0.3 is 14.4 Å². The Bertz CT molecular complexity index is 879. The summed E-state index contributed by atoms with van der Waals surface area (Å²) >= 11 is 1.29. The standard InChI is InChI=1S/C19H26N4O4S/c1-4-9-23-18(25)20-21-19(23)28-12-17(24)22-10-5-6-15(22)14-11-13(26-2)7-8-16(14)27-3/h7-8,11,15H,4-6,9-10,12H2,1-3H3,(H,20,25). The van der Waals surface area contributed by atoms with Gasteiger partial charge in [-0.25, -0.2) is 9.89 Å². The summed E-state index contributed by atoms with van der Waals surface area (Å²) in [6, 6.07) is 5.62. The molecule has 8 nitrogen and oxygen atoms in total. The SMILES string of the molecule is CCCn1c(SCC(=O)N2CCCC2c2cc(OC)ccc2OC)n[nH]c1=O. The number of aromatic amines is 1. The van der Waals surface area contributed by atoms with Gasteiger partial charge in [0.25, 0.3) is 0 Å². The predicted molar refractivity (Wildman–Crippen MR) is 107 cm³/mol. The molecule has 3 rings (SSSR count). The predicted octanol–water partition coefficient (Wildman–Crippen LogP) is 2.45. The lowest BCUT2D eigenvalue weighted by atomic mass is 10.0. The van der Waals surface area contributed by atoms with E-state index in [0.29, 0.717) is 18.2 Å². The first kappa shape index (κ1) is 20.3. The molecule has 152 valence electrons. The molecule has 0 saturated carbocycles. The zero-order chi connectivity index (χ0) is 20.1. The number of benzene rings is 1. The summed E-state index contributed by atoms with van der Waals surface area (Å²) in [5.74, 6) is 1.75. The smallest absolute Gasteiger partial charge is 0.343 e. The first-order valence-electron chi connectivity index (χ1n) is 9.38. The van der Waals surface area contributed by atoms with Crippen molar-refractivity contribution in [3.8, 4) is 11.5 Å². The molecule has 0 bridgehead atoms. The van der Waals surface area contributed by atoms with Crippen LogP contribution in [-0.4, -0.2) is 52.1 Å². The Balaban J connectivity index is 1.74. The van der Waals surface area contributed by atoms with Crippen LogP contribution in [0.25, 0.3) is 0 Å². The zero-order valence-corrected chi connectivity index (χ0v) is 17.3. The Hall–Kier alpha value is -2.42. The maximum atomic E-state index is 12.9. The van der Waals surface area contributed by atoms with Crippen molar-refractivity contribution in [1.82, 2.24) is 19.7 Å². The van der Waals surface area contributed by atoms with Gasteiger partial charge in [-0.2, -0.15) is 0 Å². The van der Waals surface area contributed by atoms with Gasteiger partial charge in [0.15, 0.2) is 5.16 Å². The van der Waals surface area contributed by atoms with Gasteiger partial charge in [-0.3, -0.25) is 9.36 Å².